The first-order valence-electron chi connectivity index (χ1n) is 7.04. The molecule has 0 spiro atoms. The Kier molecular flexibility index (Phi) is 3.83. The van der Waals surface area contributed by atoms with Crippen molar-refractivity contribution < 1.29 is 17.6 Å². The van der Waals surface area contributed by atoms with Gasteiger partial charge in [-0.3, -0.25) is 4.79 Å². The molecule has 120 valence electrons. The van der Waals surface area contributed by atoms with E-state index in [1.807, 2.05) is 13.8 Å². The van der Waals surface area contributed by atoms with Gasteiger partial charge in [-0.15, -0.1) is 0 Å². The summed E-state index contributed by atoms with van der Waals surface area (Å²) < 4.78 is 32.4. The summed E-state index contributed by atoms with van der Waals surface area (Å²) in [4.78, 5) is 12.1. The van der Waals surface area contributed by atoms with E-state index in [1.165, 1.54) is 18.4 Å². The Morgan fingerprint density at radius 2 is 2.04 bits per heavy atom. The second kappa shape index (κ2) is 5.68. The molecule has 2 heterocycles. The molecule has 0 fully saturated rings. The van der Waals surface area contributed by atoms with E-state index in [-0.39, 0.29) is 17.3 Å². The van der Waals surface area contributed by atoms with Gasteiger partial charge in [0.1, 0.15) is 5.76 Å². The first-order valence-corrected chi connectivity index (χ1v) is 8.52. The molecular weight excluding hydrogens is 316 g/mol. The SMILES string of the molecule is CC(C)=C1C(=O)Nc2ccc(S(=O)(=O)NCc3ccco3)cc21. The minimum absolute atomic E-state index is 0.0686. The minimum atomic E-state index is -3.70. The third-order valence-electron chi connectivity index (χ3n) is 3.56. The number of furan rings is 1. The number of carbonyl (C=O) groups is 1. The van der Waals surface area contributed by atoms with Crippen molar-refractivity contribution in [3.05, 3.63) is 53.5 Å². The van der Waals surface area contributed by atoms with Crippen LogP contribution in [-0.4, -0.2) is 14.3 Å². The zero-order chi connectivity index (χ0) is 16.6. The molecule has 0 saturated carbocycles. The molecule has 3 rings (SSSR count). The predicted octanol–water partition coefficient (Wildman–Crippen LogP) is 2.50. The molecule has 1 aromatic heterocycles. The van der Waals surface area contributed by atoms with Gasteiger partial charge in [0.15, 0.2) is 0 Å². The number of anilines is 1. The van der Waals surface area contributed by atoms with Crippen LogP contribution in [0.15, 0.2) is 51.5 Å². The zero-order valence-electron chi connectivity index (χ0n) is 12.7. The van der Waals surface area contributed by atoms with E-state index < -0.39 is 10.0 Å². The van der Waals surface area contributed by atoms with E-state index in [9.17, 15) is 13.2 Å². The molecule has 6 nitrogen and oxygen atoms in total. The summed E-state index contributed by atoms with van der Waals surface area (Å²) in [5, 5.41) is 2.73. The summed E-state index contributed by atoms with van der Waals surface area (Å²) in [6.45, 7) is 3.71. The van der Waals surface area contributed by atoms with Crippen molar-refractivity contribution in [3.8, 4) is 0 Å². The van der Waals surface area contributed by atoms with Gasteiger partial charge in [0.2, 0.25) is 10.0 Å². The van der Waals surface area contributed by atoms with Crippen LogP contribution in [0.4, 0.5) is 5.69 Å². The lowest BCUT2D eigenvalue weighted by Crippen LogP contribution is -2.23. The number of allylic oxidation sites excluding steroid dienone is 1. The van der Waals surface area contributed by atoms with Gasteiger partial charge in [0.05, 0.1) is 17.7 Å². The van der Waals surface area contributed by atoms with E-state index in [4.69, 9.17) is 4.42 Å². The molecule has 1 aliphatic rings. The van der Waals surface area contributed by atoms with Crippen molar-refractivity contribution >= 4 is 27.2 Å². The lowest BCUT2D eigenvalue weighted by atomic mass is 10.0. The highest BCUT2D eigenvalue weighted by atomic mass is 32.2. The third kappa shape index (κ3) is 2.93. The summed E-state index contributed by atoms with van der Waals surface area (Å²) >= 11 is 0. The van der Waals surface area contributed by atoms with Crippen molar-refractivity contribution in [2.75, 3.05) is 5.32 Å². The highest BCUT2D eigenvalue weighted by molar-refractivity contribution is 7.89. The summed E-state index contributed by atoms with van der Waals surface area (Å²) in [5.74, 6) is 0.314. The molecule has 0 bridgehead atoms. The van der Waals surface area contributed by atoms with E-state index in [0.717, 1.165) is 5.57 Å². The number of fused-ring (bicyclic) bond motifs is 1. The average molecular weight is 332 g/mol. The van der Waals surface area contributed by atoms with Crippen LogP contribution in [0, 0.1) is 0 Å². The minimum Gasteiger partial charge on any atom is -0.468 e. The Balaban J connectivity index is 1.93. The monoisotopic (exact) mass is 332 g/mol. The topological polar surface area (TPSA) is 88.4 Å². The van der Waals surface area contributed by atoms with E-state index in [1.54, 1.807) is 18.2 Å². The number of rotatable bonds is 4. The van der Waals surface area contributed by atoms with Gasteiger partial charge in [-0.25, -0.2) is 13.1 Å². The Hall–Kier alpha value is -2.38. The maximum Gasteiger partial charge on any atom is 0.256 e. The Labute approximate surface area is 134 Å². The highest BCUT2D eigenvalue weighted by Crippen LogP contribution is 2.35. The van der Waals surface area contributed by atoms with Crippen LogP contribution in [0.2, 0.25) is 0 Å². The first-order chi connectivity index (χ1) is 10.9. The fraction of sp³-hybridized carbons (Fsp3) is 0.188. The smallest absolute Gasteiger partial charge is 0.256 e. The van der Waals surface area contributed by atoms with Crippen LogP contribution < -0.4 is 10.0 Å². The van der Waals surface area contributed by atoms with Crippen molar-refractivity contribution in [1.82, 2.24) is 4.72 Å². The number of hydrogen-bond donors (Lipinski definition) is 2. The molecule has 1 amide bonds. The van der Waals surface area contributed by atoms with Crippen LogP contribution in [0.25, 0.3) is 5.57 Å². The quantitative estimate of drug-likeness (QED) is 0.842. The summed E-state index contributed by atoms with van der Waals surface area (Å²) in [6.07, 6.45) is 1.48. The van der Waals surface area contributed by atoms with E-state index >= 15 is 0 Å². The predicted molar refractivity (Wildman–Crippen MR) is 86.1 cm³/mol. The number of sulfonamides is 1. The largest absolute Gasteiger partial charge is 0.468 e. The Morgan fingerprint density at radius 1 is 1.26 bits per heavy atom. The molecule has 2 aromatic rings. The third-order valence-corrected chi connectivity index (χ3v) is 4.96. The van der Waals surface area contributed by atoms with Gasteiger partial charge < -0.3 is 9.73 Å². The van der Waals surface area contributed by atoms with Crippen LogP contribution in [0.5, 0.6) is 0 Å². The second-order valence-electron chi connectivity index (χ2n) is 5.44. The van der Waals surface area contributed by atoms with Gasteiger partial charge in [0, 0.05) is 16.8 Å². The second-order valence-corrected chi connectivity index (χ2v) is 7.21. The van der Waals surface area contributed by atoms with Crippen LogP contribution in [0.1, 0.15) is 25.2 Å². The highest BCUT2D eigenvalue weighted by Gasteiger charge is 2.27. The average Bonchev–Trinajstić information content (AvgIpc) is 3.10. The lowest BCUT2D eigenvalue weighted by molar-refractivity contribution is -0.110. The number of carbonyl (C=O) groups excluding carboxylic acids is 1. The van der Waals surface area contributed by atoms with Crippen LogP contribution in [-0.2, 0) is 21.4 Å². The van der Waals surface area contributed by atoms with Gasteiger partial charge in [-0.2, -0.15) is 0 Å². The van der Waals surface area contributed by atoms with E-state index in [2.05, 4.69) is 10.0 Å². The maximum absolute atomic E-state index is 12.4. The Bertz CT molecular complexity index is 892. The fourth-order valence-electron chi connectivity index (χ4n) is 2.47. The van der Waals surface area contributed by atoms with Crippen LogP contribution >= 0.6 is 0 Å². The molecule has 2 N–H and O–H groups in total. The molecule has 0 aliphatic carbocycles. The molecular formula is C16H16N2O4S. The first kappa shape index (κ1) is 15.5. The molecule has 1 aliphatic heterocycles. The van der Waals surface area contributed by atoms with E-state index in [0.29, 0.717) is 22.6 Å². The van der Waals surface area contributed by atoms with Gasteiger partial charge in [-0.1, -0.05) is 5.57 Å². The van der Waals surface area contributed by atoms with Crippen LogP contribution in [0.3, 0.4) is 0 Å². The molecule has 7 heteroatoms. The molecule has 0 unspecified atom stereocenters. The fourth-order valence-corrected chi connectivity index (χ4v) is 3.49. The van der Waals surface area contributed by atoms with Crippen molar-refractivity contribution in [2.24, 2.45) is 0 Å². The molecule has 0 radical (unpaired) electrons. The van der Waals surface area contributed by atoms with Gasteiger partial charge in [0.25, 0.3) is 5.91 Å². The summed E-state index contributed by atoms with van der Waals surface area (Å²) in [5.41, 5.74) is 2.58. The van der Waals surface area contributed by atoms with Crippen molar-refractivity contribution in [2.45, 2.75) is 25.3 Å². The molecule has 1 aromatic carbocycles. The normalized spacial score (nSPS) is 13.8. The van der Waals surface area contributed by atoms with Crippen molar-refractivity contribution in [3.63, 3.8) is 0 Å². The summed E-state index contributed by atoms with van der Waals surface area (Å²) in [6, 6.07) is 7.97. The number of nitrogens with one attached hydrogen (secondary N) is 2. The lowest BCUT2D eigenvalue weighted by Gasteiger charge is -2.08. The molecule has 0 saturated heterocycles. The van der Waals surface area contributed by atoms with Gasteiger partial charge >= 0.3 is 0 Å². The van der Waals surface area contributed by atoms with Gasteiger partial charge in [-0.05, 0) is 44.2 Å². The maximum atomic E-state index is 12.4. The zero-order valence-corrected chi connectivity index (χ0v) is 13.5. The molecule has 0 atom stereocenters. The van der Waals surface area contributed by atoms with Crippen molar-refractivity contribution in [1.29, 1.82) is 0 Å². The number of benzene rings is 1. The number of amides is 1. The Morgan fingerprint density at radius 3 is 2.70 bits per heavy atom. The standard InChI is InChI=1S/C16H16N2O4S/c1-10(2)15-13-8-12(5-6-14(13)18-16(15)19)23(20,21)17-9-11-4-3-7-22-11/h3-8,17H,9H2,1-2H3,(H,18,19). The molecule has 23 heavy (non-hydrogen) atoms. The number of hydrogen-bond acceptors (Lipinski definition) is 4. The summed E-state index contributed by atoms with van der Waals surface area (Å²) in [7, 11) is -3.70.